The molecule has 0 atom stereocenters. The second-order valence-electron chi connectivity index (χ2n) is 13.0. The van der Waals surface area contributed by atoms with Gasteiger partial charge in [-0.05, 0) is 0 Å². The molecule has 0 aliphatic rings. The summed E-state index contributed by atoms with van der Waals surface area (Å²) in [5.41, 5.74) is -32.0. The summed E-state index contributed by atoms with van der Waals surface area (Å²) in [5, 5.41) is 0. The van der Waals surface area contributed by atoms with Crippen LogP contribution in [0.25, 0.3) is 0 Å². The van der Waals surface area contributed by atoms with Gasteiger partial charge in [0.05, 0.1) is 0 Å². The van der Waals surface area contributed by atoms with Crippen molar-refractivity contribution >= 4 is 18.5 Å². The van der Waals surface area contributed by atoms with Gasteiger partial charge in [-0.25, -0.2) is 26.3 Å². The Kier molecular flexibility index (Phi) is 15.9. The van der Waals surface area contributed by atoms with E-state index < -0.39 is 152 Å². The summed E-state index contributed by atoms with van der Waals surface area (Å²) < 4.78 is 546. The van der Waals surface area contributed by atoms with E-state index in [1.165, 1.54) is 0 Å². The van der Waals surface area contributed by atoms with Crippen LogP contribution in [-0.4, -0.2) is 114 Å². The highest BCUT2D eigenvalue weighted by molar-refractivity contribution is 7.24. The van der Waals surface area contributed by atoms with Crippen LogP contribution in [0.5, 0.6) is 0 Å². The first-order chi connectivity index (χ1) is 27.4. The Bertz CT molecular complexity index is 1450. The van der Waals surface area contributed by atoms with Crippen molar-refractivity contribution in [3.63, 3.8) is 0 Å². The van der Waals surface area contributed by atoms with Gasteiger partial charge in [-0.1, -0.05) is 0 Å². The highest BCUT2D eigenvalue weighted by Gasteiger charge is 3.06. The number of alkyl halides is 39. The molecule has 0 bridgehead atoms. The molecule has 0 aliphatic carbocycles. The second-order valence-corrected chi connectivity index (χ2v) is 17.9. The number of hydrogen-bond acceptors (Lipinski definition) is 0. The van der Waals surface area contributed by atoms with Crippen LogP contribution in [0.15, 0.2) is 0 Å². The van der Waals surface area contributed by atoms with Gasteiger partial charge in [-0.15, -0.1) is 11.1 Å². The summed E-state index contributed by atoms with van der Waals surface area (Å²) >= 11 is 3.35. The normalized spacial score (nSPS) is 17.0. The highest BCUT2D eigenvalue weighted by Crippen LogP contribution is 2.72. The molecule has 0 aliphatic heterocycles. The topological polar surface area (TPSA) is 0 Å². The Balaban J connectivity index is 9.09. The van der Waals surface area contributed by atoms with Gasteiger partial charge in [-0.3, -0.25) is 0 Å². The molecule has 0 aromatic carbocycles. The molecule has 0 radical (unpaired) electrons. The maximum atomic E-state index is 15.3. The molecule has 0 aromatic heterocycles. The van der Waals surface area contributed by atoms with E-state index in [-0.39, 0.29) is 0 Å². The third kappa shape index (κ3) is 9.33. The van der Waals surface area contributed by atoms with Crippen molar-refractivity contribution in [2.45, 2.75) is 145 Å². The smallest absolute Gasteiger partial charge is 0.203 e. The van der Waals surface area contributed by atoms with Gasteiger partial charge in [-0.2, -0.15) is 145 Å². The monoisotopic (exact) mass is 1100 g/mol. The minimum Gasteiger partial charge on any atom is -0.203 e. The molecule has 0 nitrogen and oxygen atoms in total. The lowest BCUT2D eigenvalue weighted by atomic mass is 9.95. The fourth-order valence-corrected chi connectivity index (χ4v) is 8.50. The van der Waals surface area contributed by atoms with Crippen LogP contribution in [-0.2, 0) is 0 Å². The molecule has 392 valence electrons. The lowest BCUT2D eigenvalue weighted by Crippen LogP contribution is -2.89. The number of rotatable bonds is 21. The fraction of sp³-hybridized carbons (Fsp3) is 1.00. The van der Waals surface area contributed by atoms with Crippen LogP contribution in [0, 0.1) is 0 Å². The Labute approximate surface area is 335 Å². The summed E-state index contributed by atoms with van der Waals surface area (Å²) in [5.74, 6) is -112. The maximum Gasteiger partial charge on any atom is 0.413 e. The van der Waals surface area contributed by atoms with Crippen LogP contribution in [0.2, 0.25) is 0 Å². The fourth-order valence-electron chi connectivity index (χ4n) is 4.48. The number of halogens is 40. The van der Waals surface area contributed by atoms with Crippen LogP contribution in [0.3, 0.4) is 0 Å². The van der Waals surface area contributed by atoms with Crippen LogP contribution >= 0.6 is 11.1 Å². The zero-order chi connectivity index (χ0) is 53.7. The summed E-state index contributed by atoms with van der Waals surface area (Å²) in [7, 11) is -13.2. The first kappa shape index (κ1) is 62.8. The highest BCUT2D eigenvalue weighted by atomic mass is 35.6. The Morgan fingerprint density at radius 2 is 0.338 bits per heavy atom. The molecule has 0 unspecified atom stereocenters. The second kappa shape index (κ2) is 16.5. The Hall–Kier alpha value is -2.22. The molecule has 0 heterocycles. The summed E-state index contributed by atoms with van der Waals surface area (Å²) in [6.07, 6.45) is -43.4. The third-order valence-electron chi connectivity index (χ3n) is 8.39. The van der Waals surface area contributed by atoms with Crippen molar-refractivity contribution < 1.29 is 171 Å². The average Bonchev–Trinajstić information content (AvgIpc) is 3.06. The standard InChI is InChI=1S/C24H12ClF39Si/c25-65(22(59,60)19(53,54)16(47,48)13(41,42)7(26,27)1-4-10(32,33)34,23(61,62)20(55,56)17(49,50)14(43,44)8(28,29)2-5-11(35,36)37)24(63,64)21(57,58)18(51,52)15(45,46)9(30,31)3-6-12(38,39)40/h1-6H2. The molecule has 0 rings (SSSR count). The molecule has 0 saturated carbocycles. The molecule has 0 amide bonds. The largest absolute Gasteiger partial charge is 0.413 e. The van der Waals surface area contributed by atoms with E-state index in [1.807, 2.05) is 0 Å². The van der Waals surface area contributed by atoms with Gasteiger partial charge in [0.1, 0.15) is 0 Å². The van der Waals surface area contributed by atoms with E-state index in [0.717, 1.165) is 0 Å². The van der Waals surface area contributed by atoms with Crippen LogP contribution in [0.4, 0.5) is 171 Å². The molecule has 0 N–H and O–H groups in total. The third-order valence-corrected chi connectivity index (χ3v) is 14.1. The average molecular weight is 1100 g/mol. The van der Waals surface area contributed by atoms with Gasteiger partial charge in [0, 0.05) is 38.5 Å². The van der Waals surface area contributed by atoms with E-state index in [0.29, 0.717) is 0 Å². The summed E-state index contributed by atoms with van der Waals surface area (Å²) in [4.78, 5) is 0. The first-order valence-corrected chi connectivity index (χ1v) is 17.9. The van der Waals surface area contributed by atoms with Crippen molar-refractivity contribution in [2.75, 3.05) is 0 Å². The SMILES string of the molecule is FC(F)(F)CCC(F)(F)C(F)(F)C(F)(F)C(F)(F)C(F)(F)[Si](Cl)(C(F)(F)C(F)(F)C(F)(F)C(F)(F)C(F)(F)CCC(F)(F)F)C(F)(F)C(F)(F)C(F)(F)C(F)(F)C(F)(F)CCC(F)(F)F. The maximum absolute atomic E-state index is 15.3. The zero-order valence-corrected chi connectivity index (χ0v) is 30.6. The minimum absolute atomic E-state index is 3.35. The lowest BCUT2D eigenvalue weighted by Gasteiger charge is -2.52. The summed E-state index contributed by atoms with van der Waals surface area (Å²) in [6, 6.07) is 0. The first-order valence-electron chi connectivity index (χ1n) is 14.9. The van der Waals surface area contributed by atoms with Crippen LogP contribution in [0.1, 0.15) is 38.5 Å². The molecular weight excluding hydrogens is 1090 g/mol. The molecule has 0 saturated heterocycles. The van der Waals surface area contributed by atoms with Gasteiger partial charge in [0.25, 0.3) is 0 Å². The van der Waals surface area contributed by atoms with Crippen molar-refractivity contribution in [3.8, 4) is 0 Å². The molecule has 0 aromatic rings. The molecule has 0 fully saturated rings. The van der Waals surface area contributed by atoms with E-state index in [4.69, 9.17) is 0 Å². The Morgan fingerprint density at radius 1 is 0.200 bits per heavy atom. The van der Waals surface area contributed by atoms with E-state index in [9.17, 15) is 145 Å². The lowest BCUT2D eigenvalue weighted by molar-refractivity contribution is -0.410. The Morgan fingerprint density at radius 3 is 0.462 bits per heavy atom. The minimum atomic E-state index is -13.2. The van der Waals surface area contributed by atoms with Crippen molar-refractivity contribution in [2.24, 2.45) is 0 Å². The van der Waals surface area contributed by atoms with Gasteiger partial charge in [0.2, 0.25) is 0 Å². The van der Waals surface area contributed by atoms with E-state index in [1.54, 1.807) is 0 Å². The van der Waals surface area contributed by atoms with Crippen LogP contribution < -0.4 is 0 Å². The van der Waals surface area contributed by atoms with Crippen molar-refractivity contribution in [1.82, 2.24) is 0 Å². The van der Waals surface area contributed by atoms with Gasteiger partial charge < -0.3 is 0 Å². The van der Waals surface area contributed by atoms with Crippen molar-refractivity contribution in [3.05, 3.63) is 0 Å². The molecule has 41 heteroatoms. The van der Waals surface area contributed by atoms with E-state index in [2.05, 4.69) is 11.1 Å². The number of hydrogen-bond donors (Lipinski definition) is 0. The van der Waals surface area contributed by atoms with Crippen molar-refractivity contribution in [1.29, 1.82) is 0 Å². The van der Waals surface area contributed by atoms with Gasteiger partial charge >= 0.3 is 114 Å². The molecule has 65 heavy (non-hydrogen) atoms. The summed E-state index contributed by atoms with van der Waals surface area (Å²) in [6.45, 7) is 0. The quantitative estimate of drug-likeness (QED) is 0.0610. The predicted octanol–water partition coefficient (Wildman–Crippen LogP) is 15.3. The zero-order valence-electron chi connectivity index (χ0n) is 28.9. The predicted molar refractivity (Wildman–Crippen MR) is 132 cm³/mol. The molecular formula is C24H12ClF39Si. The van der Waals surface area contributed by atoms with Gasteiger partial charge in [0.15, 0.2) is 0 Å². The van der Waals surface area contributed by atoms with E-state index >= 15 is 26.3 Å². The molecule has 0 spiro atoms.